The molecule has 0 bridgehead atoms. The van der Waals surface area contributed by atoms with Gasteiger partial charge < -0.3 is 0 Å². The summed E-state index contributed by atoms with van der Waals surface area (Å²) in [6, 6.07) is 6.27. The standard InChI is InChI=1S/C18H9F7N4O2S/c19-8-3-5-9(6-4-8)29-13-11(14(30)27-15(29)31)16(17(20,21)22,18(23,24)25)28-12(26-13)10-2-1-7-32-10/h1-7H,(H,26,28)(H,27,30,31)/p+1. The molecule has 0 saturated carbocycles. The van der Waals surface area contributed by atoms with E-state index < -0.39 is 52.2 Å². The molecule has 0 saturated heterocycles. The molecule has 14 heteroatoms. The van der Waals surface area contributed by atoms with E-state index in [4.69, 9.17) is 0 Å². The molecule has 0 aliphatic carbocycles. The fourth-order valence-electron chi connectivity index (χ4n) is 3.37. The first-order chi connectivity index (χ1) is 14.9. The van der Waals surface area contributed by atoms with Crippen molar-refractivity contribution in [2.45, 2.75) is 17.9 Å². The molecule has 0 atom stereocenters. The minimum absolute atomic E-state index is 0.0492. The number of halogens is 7. The minimum atomic E-state index is -6.05. The topological polar surface area (TPSA) is 80.9 Å². The molecular formula is C18H10F7N4O2S+. The van der Waals surface area contributed by atoms with Crippen LogP contribution in [0.5, 0.6) is 0 Å². The number of alkyl halides is 6. The van der Waals surface area contributed by atoms with Crippen LogP contribution in [0.3, 0.4) is 0 Å². The van der Waals surface area contributed by atoms with E-state index in [1.807, 2.05) is 0 Å². The molecule has 1 aliphatic heterocycles. The first-order valence-corrected chi connectivity index (χ1v) is 9.50. The van der Waals surface area contributed by atoms with Crippen LogP contribution in [0.4, 0.5) is 36.6 Å². The van der Waals surface area contributed by atoms with E-state index in [1.54, 1.807) is 0 Å². The second kappa shape index (κ2) is 7.05. The van der Waals surface area contributed by atoms with Gasteiger partial charge in [-0.2, -0.15) is 26.3 Å². The quantitative estimate of drug-likeness (QED) is 0.492. The molecular weight excluding hydrogens is 469 g/mol. The Morgan fingerprint density at radius 1 is 0.969 bits per heavy atom. The molecule has 0 unspecified atom stereocenters. The second-order valence-electron chi connectivity index (χ2n) is 6.64. The fraction of sp³-hybridized carbons (Fsp3) is 0.167. The summed E-state index contributed by atoms with van der Waals surface area (Å²) < 4.78 is 98.6. The Bertz CT molecular complexity index is 1310. The number of hydrogen-bond donors (Lipinski definition) is 3. The van der Waals surface area contributed by atoms with Crippen molar-refractivity contribution < 1.29 is 35.7 Å². The lowest BCUT2D eigenvalue weighted by atomic mass is 9.88. The molecule has 168 valence electrons. The average molecular weight is 479 g/mol. The zero-order chi connectivity index (χ0) is 23.5. The van der Waals surface area contributed by atoms with Crippen LogP contribution in [0.25, 0.3) is 5.69 Å². The second-order valence-corrected chi connectivity index (χ2v) is 7.59. The lowest BCUT2D eigenvalue weighted by Crippen LogP contribution is -2.97. The molecule has 32 heavy (non-hydrogen) atoms. The van der Waals surface area contributed by atoms with Gasteiger partial charge in [-0.05, 0) is 35.7 Å². The van der Waals surface area contributed by atoms with Crippen molar-refractivity contribution in [3.05, 3.63) is 78.9 Å². The number of nitrogens with zero attached hydrogens (tertiary/aromatic N) is 1. The number of aromatic nitrogens is 2. The van der Waals surface area contributed by atoms with Gasteiger partial charge in [0.2, 0.25) is 5.82 Å². The van der Waals surface area contributed by atoms with E-state index in [-0.39, 0.29) is 10.6 Å². The summed E-state index contributed by atoms with van der Waals surface area (Å²) >= 11 is 0.818. The van der Waals surface area contributed by atoms with Gasteiger partial charge in [0.1, 0.15) is 16.3 Å². The van der Waals surface area contributed by atoms with Gasteiger partial charge in [-0.15, -0.1) is 11.3 Å². The van der Waals surface area contributed by atoms with Gasteiger partial charge in [0.05, 0.1) is 5.69 Å². The highest BCUT2D eigenvalue weighted by Crippen LogP contribution is 2.48. The zero-order valence-corrected chi connectivity index (χ0v) is 16.2. The van der Waals surface area contributed by atoms with Crippen LogP contribution >= 0.6 is 11.3 Å². The summed E-state index contributed by atoms with van der Waals surface area (Å²) in [5.74, 6) is -2.54. The predicted molar refractivity (Wildman–Crippen MR) is 99.4 cm³/mol. The lowest BCUT2D eigenvalue weighted by Gasteiger charge is -2.35. The number of thiophene rings is 1. The third-order valence-corrected chi connectivity index (χ3v) is 5.63. The van der Waals surface area contributed by atoms with Gasteiger partial charge >= 0.3 is 23.6 Å². The zero-order valence-electron chi connectivity index (χ0n) is 15.4. The summed E-state index contributed by atoms with van der Waals surface area (Å²) in [5.41, 5.74) is -10.1. The monoisotopic (exact) mass is 479 g/mol. The van der Waals surface area contributed by atoms with Crippen molar-refractivity contribution in [2.24, 2.45) is 0 Å². The Kier molecular flexibility index (Phi) is 4.80. The van der Waals surface area contributed by atoms with E-state index in [0.29, 0.717) is 4.57 Å². The van der Waals surface area contributed by atoms with E-state index >= 15 is 0 Å². The molecule has 1 aliphatic rings. The molecule has 0 radical (unpaired) electrons. The SMILES string of the molecule is O=c1[nH]c(=O)n(-c2ccc(F)cc2)c2c1C(C(F)(F)F)(C(F)(F)F)[NH+]=C(c1cccs1)N2. The first kappa shape index (κ1) is 21.8. The Balaban J connectivity index is 2.18. The van der Waals surface area contributed by atoms with Crippen molar-refractivity contribution in [1.29, 1.82) is 0 Å². The molecule has 4 rings (SSSR count). The molecule has 6 nitrogen and oxygen atoms in total. The fourth-order valence-corrected chi connectivity index (χ4v) is 4.05. The van der Waals surface area contributed by atoms with Gasteiger partial charge in [0, 0.05) is 0 Å². The number of fused-ring (bicyclic) bond motifs is 1. The van der Waals surface area contributed by atoms with Crippen LogP contribution in [-0.2, 0) is 5.54 Å². The molecule has 3 heterocycles. The van der Waals surface area contributed by atoms with Gasteiger partial charge in [-0.25, -0.2) is 24.1 Å². The maximum Gasteiger partial charge on any atom is 0.446 e. The van der Waals surface area contributed by atoms with Crippen molar-refractivity contribution in [3.63, 3.8) is 0 Å². The predicted octanol–water partition coefficient (Wildman–Crippen LogP) is 2.00. The number of amidine groups is 1. The van der Waals surface area contributed by atoms with Crippen molar-refractivity contribution in [3.8, 4) is 5.69 Å². The third kappa shape index (κ3) is 3.13. The van der Waals surface area contributed by atoms with E-state index in [2.05, 4.69) is 5.32 Å². The van der Waals surface area contributed by atoms with Gasteiger partial charge in [0.25, 0.3) is 11.4 Å². The Hall–Kier alpha value is -3.42. The Morgan fingerprint density at radius 2 is 1.59 bits per heavy atom. The van der Waals surface area contributed by atoms with Crippen LogP contribution in [0.15, 0.2) is 51.4 Å². The Morgan fingerprint density at radius 3 is 2.12 bits per heavy atom. The number of benzene rings is 1. The molecule has 2 aromatic heterocycles. The number of aromatic amines is 1. The molecule has 3 N–H and O–H groups in total. The van der Waals surface area contributed by atoms with Crippen molar-refractivity contribution in [1.82, 2.24) is 9.55 Å². The summed E-state index contributed by atoms with van der Waals surface area (Å²) in [7, 11) is 0. The van der Waals surface area contributed by atoms with Crippen LogP contribution in [0, 0.1) is 5.82 Å². The van der Waals surface area contributed by atoms with Gasteiger partial charge in [-0.3, -0.25) is 9.78 Å². The Labute approximate surface area is 176 Å². The van der Waals surface area contributed by atoms with Crippen molar-refractivity contribution >= 4 is 23.0 Å². The van der Waals surface area contributed by atoms with E-state index in [0.717, 1.165) is 35.6 Å². The lowest BCUT2D eigenvalue weighted by molar-refractivity contribution is -0.658. The maximum atomic E-state index is 14.1. The van der Waals surface area contributed by atoms with E-state index in [1.165, 1.54) is 27.5 Å². The van der Waals surface area contributed by atoms with Gasteiger partial charge in [-0.1, -0.05) is 6.07 Å². The number of anilines is 1. The highest BCUT2D eigenvalue weighted by molar-refractivity contribution is 7.12. The summed E-state index contributed by atoms with van der Waals surface area (Å²) in [6.07, 6.45) is -12.1. The number of hydrogen-bond acceptors (Lipinski definition) is 4. The molecule has 0 fully saturated rings. The highest BCUT2D eigenvalue weighted by Gasteiger charge is 2.78. The van der Waals surface area contributed by atoms with Crippen LogP contribution in [0.1, 0.15) is 10.4 Å². The molecule has 3 aromatic rings. The van der Waals surface area contributed by atoms with Crippen LogP contribution in [-0.4, -0.2) is 27.7 Å². The highest BCUT2D eigenvalue weighted by atomic mass is 32.1. The third-order valence-electron chi connectivity index (χ3n) is 4.74. The maximum absolute atomic E-state index is 14.1. The van der Waals surface area contributed by atoms with Crippen LogP contribution in [0.2, 0.25) is 0 Å². The minimum Gasteiger partial charge on any atom is -0.273 e. The molecule has 1 aromatic carbocycles. The summed E-state index contributed by atoms with van der Waals surface area (Å²) in [4.78, 5) is 27.8. The first-order valence-electron chi connectivity index (χ1n) is 8.62. The largest absolute Gasteiger partial charge is 0.446 e. The number of H-pyrrole nitrogens is 1. The smallest absolute Gasteiger partial charge is 0.273 e. The van der Waals surface area contributed by atoms with Crippen LogP contribution < -0.4 is 21.6 Å². The summed E-state index contributed by atoms with van der Waals surface area (Å²) in [6.45, 7) is 0. The summed E-state index contributed by atoms with van der Waals surface area (Å²) in [5, 5.41) is 3.74. The number of rotatable bonds is 2. The number of nitrogens with one attached hydrogen (secondary N) is 3. The normalized spacial score (nSPS) is 15.7. The molecule has 0 amide bonds. The molecule has 0 spiro atoms. The van der Waals surface area contributed by atoms with Crippen molar-refractivity contribution in [2.75, 3.05) is 5.32 Å². The van der Waals surface area contributed by atoms with Gasteiger partial charge in [0.15, 0.2) is 0 Å². The van der Waals surface area contributed by atoms with E-state index in [9.17, 15) is 40.3 Å². The average Bonchev–Trinajstić information content (AvgIpc) is 3.21.